The fourth-order valence-corrected chi connectivity index (χ4v) is 4.19. The van der Waals surface area contributed by atoms with E-state index in [0.29, 0.717) is 17.1 Å². The molecular formula is C25H31N3O12S. The number of carboxylic acids is 4. The number of carbonyl (C=O) groups is 6. The zero-order chi connectivity index (χ0) is 31.1. The van der Waals surface area contributed by atoms with Crippen LogP contribution < -0.4 is 10.1 Å². The molecule has 2 heterocycles. The zero-order valence-electron chi connectivity index (χ0n) is 22.5. The van der Waals surface area contributed by atoms with Gasteiger partial charge in [0, 0.05) is 37.1 Å². The van der Waals surface area contributed by atoms with Crippen LogP contribution in [0, 0.1) is 0 Å². The lowest BCUT2D eigenvalue weighted by molar-refractivity contribution is -0.159. The van der Waals surface area contributed by atoms with Crippen LogP contribution in [-0.2, 0) is 28.7 Å². The van der Waals surface area contributed by atoms with Crippen molar-refractivity contribution in [2.45, 2.75) is 6.92 Å². The fourth-order valence-electron chi connectivity index (χ4n) is 3.21. The van der Waals surface area contributed by atoms with E-state index in [1.165, 1.54) is 11.3 Å². The minimum Gasteiger partial charge on any atom is -0.497 e. The number of nitrogens with zero attached hydrogens (tertiary/aromatic N) is 2. The third kappa shape index (κ3) is 12.0. The van der Waals surface area contributed by atoms with Gasteiger partial charge in [-0.05, 0) is 31.7 Å². The summed E-state index contributed by atoms with van der Waals surface area (Å²) in [7, 11) is 3.69. The number of ether oxygens (including phenoxy) is 2. The van der Waals surface area contributed by atoms with Crippen LogP contribution >= 0.6 is 11.3 Å². The predicted molar refractivity (Wildman–Crippen MR) is 145 cm³/mol. The number of benzene rings is 1. The normalized spacial score (nSPS) is 12.9. The van der Waals surface area contributed by atoms with Crippen LogP contribution in [0.15, 0.2) is 29.6 Å². The Labute approximate surface area is 238 Å². The summed E-state index contributed by atoms with van der Waals surface area (Å²) >= 11 is 1.34. The van der Waals surface area contributed by atoms with Gasteiger partial charge in [0.15, 0.2) is 0 Å². The smallest absolute Gasteiger partial charge is 0.414 e. The highest BCUT2D eigenvalue weighted by Crippen LogP contribution is 2.36. The highest BCUT2D eigenvalue weighted by atomic mass is 32.1. The van der Waals surface area contributed by atoms with E-state index in [2.05, 4.69) is 22.2 Å². The quantitative estimate of drug-likeness (QED) is 0.223. The van der Waals surface area contributed by atoms with E-state index >= 15 is 0 Å². The Bertz CT molecular complexity index is 1170. The van der Waals surface area contributed by atoms with Crippen molar-refractivity contribution in [3.63, 3.8) is 0 Å². The molecule has 15 nitrogen and oxygen atoms in total. The van der Waals surface area contributed by atoms with Gasteiger partial charge in [-0.3, -0.25) is 9.69 Å². The molecule has 1 aromatic heterocycles. The third-order valence-electron chi connectivity index (χ3n) is 5.25. The van der Waals surface area contributed by atoms with Crippen LogP contribution in [-0.4, -0.2) is 119 Å². The van der Waals surface area contributed by atoms with Crippen molar-refractivity contribution in [3.05, 3.63) is 35.2 Å². The Kier molecular flexibility index (Phi) is 14.5. The second kappa shape index (κ2) is 17.2. The van der Waals surface area contributed by atoms with Crippen LogP contribution in [0.5, 0.6) is 5.75 Å². The van der Waals surface area contributed by atoms with E-state index in [0.717, 1.165) is 43.1 Å². The van der Waals surface area contributed by atoms with Crippen LogP contribution in [0.25, 0.3) is 11.1 Å². The number of anilines is 1. The average molecular weight is 598 g/mol. The van der Waals surface area contributed by atoms with E-state index < -0.39 is 29.8 Å². The summed E-state index contributed by atoms with van der Waals surface area (Å²) in [6.45, 7) is 5.95. The number of piperazine rings is 1. The first-order valence-corrected chi connectivity index (χ1v) is 12.7. The largest absolute Gasteiger partial charge is 0.497 e. The molecule has 1 aliphatic rings. The lowest BCUT2D eigenvalue weighted by Crippen LogP contribution is -2.47. The number of aliphatic carboxylic acids is 4. The van der Waals surface area contributed by atoms with Gasteiger partial charge in [0.25, 0.3) is 0 Å². The molecule has 1 fully saturated rings. The standard InChI is InChI=1S/C21H27N3O4S.2C2H2O4/c1-4-28-21(26)19-17(15-5-7-16(27-3)8-6-15)14-29-20(19)22-18(25)13-24-11-9-23(2)10-12-24;2*3-1(4)2(5)6/h5-8,14H,4,9-13H2,1-3H3,(H,22,25);2*(H,3,4)(H,5,6). The molecule has 0 aliphatic carbocycles. The fraction of sp³-hybridized carbons (Fsp3) is 0.360. The maximum absolute atomic E-state index is 12.6. The molecule has 2 aromatic rings. The molecule has 5 N–H and O–H groups in total. The first-order valence-electron chi connectivity index (χ1n) is 11.9. The van der Waals surface area contributed by atoms with Crippen molar-refractivity contribution in [1.29, 1.82) is 0 Å². The van der Waals surface area contributed by atoms with E-state index in [1.807, 2.05) is 29.6 Å². The van der Waals surface area contributed by atoms with Gasteiger partial charge < -0.3 is 40.1 Å². The molecule has 3 rings (SSSR count). The number of likely N-dealkylation sites (N-methyl/N-ethyl adjacent to an activating group) is 1. The van der Waals surface area contributed by atoms with Crippen molar-refractivity contribution in [2.24, 2.45) is 0 Å². The number of methoxy groups -OCH3 is 1. The summed E-state index contributed by atoms with van der Waals surface area (Å²) in [5.41, 5.74) is 2.00. The number of carboxylic acid groups (broad SMARTS) is 4. The molecule has 1 aromatic carbocycles. The van der Waals surface area contributed by atoms with Crippen molar-refractivity contribution in [1.82, 2.24) is 9.80 Å². The highest BCUT2D eigenvalue weighted by molar-refractivity contribution is 7.15. The molecule has 0 atom stereocenters. The average Bonchev–Trinajstić information content (AvgIpc) is 3.34. The first-order chi connectivity index (χ1) is 19.3. The molecule has 0 unspecified atom stereocenters. The number of carbonyl (C=O) groups excluding carboxylic acids is 2. The van der Waals surface area contributed by atoms with Crippen molar-refractivity contribution in [3.8, 4) is 16.9 Å². The van der Waals surface area contributed by atoms with E-state index in [1.54, 1.807) is 14.0 Å². The SMILES string of the molecule is CCOC(=O)c1c(-c2ccc(OC)cc2)csc1NC(=O)CN1CCN(C)CC1.O=C(O)C(=O)O.O=C(O)C(=O)O. The van der Waals surface area contributed by atoms with Crippen LogP contribution in [0.3, 0.4) is 0 Å². The van der Waals surface area contributed by atoms with Gasteiger partial charge >= 0.3 is 29.8 Å². The molecule has 41 heavy (non-hydrogen) atoms. The molecule has 0 spiro atoms. The second-order valence-electron chi connectivity index (χ2n) is 8.15. The summed E-state index contributed by atoms with van der Waals surface area (Å²) in [4.78, 5) is 66.0. The Morgan fingerprint density at radius 1 is 0.878 bits per heavy atom. The molecule has 1 aliphatic heterocycles. The van der Waals surface area contributed by atoms with Gasteiger partial charge in [-0.1, -0.05) is 12.1 Å². The van der Waals surface area contributed by atoms with Crippen molar-refractivity contribution >= 4 is 52.1 Å². The van der Waals surface area contributed by atoms with Gasteiger partial charge in [-0.2, -0.15) is 0 Å². The summed E-state index contributed by atoms with van der Waals surface area (Å²) in [6, 6.07) is 7.46. The first kappa shape index (κ1) is 34.5. The molecular weight excluding hydrogens is 566 g/mol. The highest BCUT2D eigenvalue weighted by Gasteiger charge is 2.24. The maximum atomic E-state index is 12.6. The summed E-state index contributed by atoms with van der Waals surface area (Å²) < 4.78 is 10.5. The molecule has 0 radical (unpaired) electrons. The van der Waals surface area contributed by atoms with E-state index in [4.69, 9.17) is 49.1 Å². The molecule has 1 amide bonds. The lowest BCUT2D eigenvalue weighted by atomic mass is 10.0. The number of esters is 1. The Hall–Kier alpha value is -4.54. The molecule has 224 valence electrons. The molecule has 1 saturated heterocycles. The zero-order valence-corrected chi connectivity index (χ0v) is 23.3. The minimum atomic E-state index is -1.82. The molecule has 0 saturated carbocycles. The number of nitrogens with one attached hydrogen (secondary N) is 1. The van der Waals surface area contributed by atoms with Crippen LogP contribution in [0.1, 0.15) is 17.3 Å². The van der Waals surface area contributed by atoms with Gasteiger partial charge in [0.2, 0.25) is 5.91 Å². The number of thiophene rings is 1. The third-order valence-corrected chi connectivity index (χ3v) is 6.15. The monoisotopic (exact) mass is 597 g/mol. The Morgan fingerprint density at radius 2 is 1.39 bits per heavy atom. The van der Waals surface area contributed by atoms with E-state index in [-0.39, 0.29) is 12.5 Å². The summed E-state index contributed by atoms with van der Waals surface area (Å²) in [6.07, 6.45) is 0. The number of hydrogen-bond acceptors (Lipinski definition) is 11. The van der Waals surface area contributed by atoms with E-state index in [9.17, 15) is 9.59 Å². The number of amides is 1. The lowest BCUT2D eigenvalue weighted by Gasteiger charge is -2.31. The summed E-state index contributed by atoms with van der Waals surface area (Å²) in [5.74, 6) is -7.12. The van der Waals surface area contributed by atoms with Crippen molar-refractivity contribution < 1.29 is 58.7 Å². The number of rotatable bonds is 7. The minimum absolute atomic E-state index is 0.122. The topological polar surface area (TPSA) is 220 Å². The predicted octanol–water partition coefficient (Wildman–Crippen LogP) is 1.10. The Morgan fingerprint density at radius 3 is 1.83 bits per heavy atom. The van der Waals surface area contributed by atoms with Gasteiger partial charge in [-0.15, -0.1) is 11.3 Å². The Balaban J connectivity index is 0.000000588. The molecule has 16 heteroatoms. The maximum Gasteiger partial charge on any atom is 0.414 e. The summed E-state index contributed by atoms with van der Waals surface area (Å²) in [5, 5.41) is 34.9. The number of hydrogen-bond donors (Lipinski definition) is 5. The van der Waals surface area contributed by atoms with Crippen LogP contribution in [0.4, 0.5) is 5.00 Å². The van der Waals surface area contributed by atoms with Gasteiger partial charge in [0.05, 0.1) is 20.3 Å². The van der Waals surface area contributed by atoms with Gasteiger partial charge in [0.1, 0.15) is 16.3 Å². The molecule has 0 bridgehead atoms. The van der Waals surface area contributed by atoms with Crippen LogP contribution in [0.2, 0.25) is 0 Å². The van der Waals surface area contributed by atoms with Crippen molar-refractivity contribution in [2.75, 3.05) is 58.8 Å². The van der Waals surface area contributed by atoms with Gasteiger partial charge in [-0.25, -0.2) is 24.0 Å². The second-order valence-corrected chi connectivity index (χ2v) is 9.03.